The zero-order valence-corrected chi connectivity index (χ0v) is 5.29. The molecule has 0 aliphatic heterocycles. The minimum atomic E-state index is -0.295. The highest BCUT2D eigenvalue weighted by Gasteiger charge is 2.01. The third kappa shape index (κ3) is 1.31. The SMILES string of the molecule is COC(N)c1cc[nH]c1. The fourth-order valence-electron chi connectivity index (χ4n) is 0.650. The van der Waals surface area contributed by atoms with Crippen molar-refractivity contribution < 1.29 is 4.74 Å². The lowest BCUT2D eigenvalue weighted by Crippen LogP contribution is -2.10. The predicted molar refractivity (Wildman–Crippen MR) is 34.7 cm³/mol. The lowest BCUT2D eigenvalue weighted by Gasteiger charge is -2.04. The van der Waals surface area contributed by atoms with Gasteiger partial charge in [0.25, 0.3) is 0 Å². The van der Waals surface area contributed by atoms with Crippen molar-refractivity contribution in [2.45, 2.75) is 6.23 Å². The molecule has 3 nitrogen and oxygen atoms in total. The summed E-state index contributed by atoms with van der Waals surface area (Å²) in [4.78, 5) is 2.88. The Morgan fingerprint density at radius 1 is 1.78 bits per heavy atom. The Labute approximate surface area is 53.8 Å². The van der Waals surface area contributed by atoms with Gasteiger partial charge in [0.1, 0.15) is 6.23 Å². The second-order valence-electron chi connectivity index (χ2n) is 1.80. The normalized spacial score (nSPS) is 13.6. The number of methoxy groups -OCH3 is 1. The molecule has 1 aromatic rings. The first-order chi connectivity index (χ1) is 4.34. The first-order valence-electron chi connectivity index (χ1n) is 2.75. The summed E-state index contributed by atoms with van der Waals surface area (Å²) < 4.78 is 4.85. The highest BCUT2D eigenvalue weighted by atomic mass is 16.5. The van der Waals surface area contributed by atoms with E-state index in [4.69, 9.17) is 10.5 Å². The van der Waals surface area contributed by atoms with Crippen molar-refractivity contribution in [2.24, 2.45) is 5.73 Å². The number of rotatable bonds is 2. The van der Waals surface area contributed by atoms with Crippen molar-refractivity contribution in [3.05, 3.63) is 24.0 Å². The number of hydrogen-bond acceptors (Lipinski definition) is 2. The molecule has 1 aromatic heterocycles. The van der Waals surface area contributed by atoms with Gasteiger partial charge in [-0.2, -0.15) is 0 Å². The van der Waals surface area contributed by atoms with Gasteiger partial charge in [0.2, 0.25) is 0 Å². The maximum absolute atomic E-state index is 5.50. The summed E-state index contributed by atoms with van der Waals surface area (Å²) in [5.41, 5.74) is 6.47. The Hall–Kier alpha value is -0.800. The van der Waals surface area contributed by atoms with Gasteiger partial charge in [-0.3, -0.25) is 0 Å². The summed E-state index contributed by atoms with van der Waals surface area (Å²) >= 11 is 0. The molecule has 3 N–H and O–H groups in total. The largest absolute Gasteiger partial charge is 0.367 e. The molecule has 0 bridgehead atoms. The monoisotopic (exact) mass is 126 g/mol. The first-order valence-corrected chi connectivity index (χ1v) is 2.75. The molecule has 0 saturated carbocycles. The minimum Gasteiger partial charge on any atom is -0.367 e. The zero-order chi connectivity index (χ0) is 6.69. The molecular formula is C6H10N2O. The Balaban J connectivity index is 2.65. The van der Waals surface area contributed by atoms with Gasteiger partial charge in [-0.15, -0.1) is 0 Å². The van der Waals surface area contributed by atoms with Crippen molar-refractivity contribution in [2.75, 3.05) is 7.11 Å². The lowest BCUT2D eigenvalue weighted by atomic mass is 10.3. The topological polar surface area (TPSA) is 51.0 Å². The first kappa shape index (κ1) is 6.32. The Morgan fingerprint density at radius 2 is 2.56 bits per heavy atom. The summed E-state index contributed by atoms with van der Waals surface area (Å²) in [5, 5.41) is 0. The Bertz CT molecular complexity index is 160. The van der Waals surface area contributed by atoms with Crippen LogP contribution in [0.15, 0.2) is 18.5 Å². The highest BCUT2D eigenvalue weighted by molar-refractivity contribution is 5.10. The number of nitrogens with two attached hydrogens (primary N) is 1. The number of ether oxygens (including phenoxy) is 1. The third-order valence-corrected chi connectivity index (χ3v) is 1.20. The molecule has 3 heteroatoms. The van der Waals surface area contributed by atoms with Gasteiger partial charge in [0.05, 0.1) is 0 Å². The van der Waals surface area contributed by atoms with E-state index in [0.29, 0.717) is 0 Å². The Morgan fingerprint density at radius 3 is 3.00 bits per heavy atom. The molecule has 0 amide bonds. The van der Waals surface area contributed by atoms with Crippen LogP contribution in [0.2, 0.25) is 0 Å². The summed E-state index contributed by atoms with van der Waals surface area (Å²) in [5.74, 6) is 0. The molecule has 0 radical (unpaired) electrons. The van der Waals surface area contributed by atoms with Crippen LogP contribution in [0.1, 0.15) is 11.8 Å². The minimum absolute atomic E-state index is 0.295. The molecule has 0 saturated heterocycles. The van der Waals surface area contributed by atoms with E-state index in [-0.39, 0.29) is 6.23 Å². The average Bonchev–Trinajstić information content (AvgIpc) is 2.37. The van der Waals surface area contributed by atoms with E-state index in [1.807, 2.05) is 18.5 Å². The van der Waals surface area contributed by atoms with Crippen LogP contribution < -0.4 is 5.73 Å². The molecular weight excluding hydrogens is 116 g/mol. The van der Waals surface area contributed by atoms with Crippen LogP contribution in [0.5, 0.6) is 0 Å². The van der Waals surface area contributed by atoms with Crippen LogP contribution in [0.25, 0.3) is 0 Å². The zero-order valence-electron chi connectivity index (χ0n) is 5.29. The van der Waals surface area contributed by atoms with Crippen molar-refractivity contribution >= 4 is 0 Å². The van der Waals surface area contributed by atoms with Crippen molar-refractivity contribution in [3.8, 4) is 0 Å². The van der Waals surface area contributed by atoms with Gasteiger partial charge in [-0.25, -0.2) is 0 Å². The van der Waals surface area contributed by atoms with E-state index in [9.17, 15) is 0 Å². The molecule has 0 fully saturated rings. The predicted octanol–water partition coefficient (Wildman–Crippen LogP) is 0.618. The molecule has 0 aliphatic rings. The standard InChI is InChI=1S/C6H10N2O/c1-9-6(7)5-2-3-8-4-5/h2-4,6,8H,7H2,1H3. The van der Waals surface area contributed by atoms with Crippen molar-refractivity contribution in [1.82, 2.24) is 4.98 Å². The summed E-state index contributed by atoms with van der Waals surface area (Å²) in [7, 11) is 1.58. The van der Waals surface area contributed by atoms with Crippen LogP contribution in [0.4, 0.5) is 0 Å². The van der Waals surface area contributed by atoms with Gasteiger partial charge < -0.3 is 15.5 Å². The van der Waals surface area contributed by atoms with Gasteiger partial charge in [0.15, 0.2) is 0 Å². The van der Waals surface area contributed by atoms with Gasteiger partial charge in [-0.1, -0.05) is 0 Å². The van der Waals surface area contributed by atoms with Crippen molar-refractivity contribution in [1.29, 1.82) is 0 Å². The summed E-state index contributed by atoms with van der Waals surface area (Å²) in [6, 6.07) is 1.88. The molecule has 1 rings (SSSR count). The average molecular weight is 126 g/mol. The van der Waals surface area contributed by atoms with E-state index in [1.165, 1.54) is 0 Å². The van der Waals surface area contributed by atoms with E-state index in [2.05, 4.69) is 4.98 Å². The molecule has 1 heterocycles. The van der Waals surface area contributed by atoms with E-state index in [1.54, 1.807) is 7.11 Å². The molecule has 0 aliphatic carbocycles. The number of hydrogen-bond donors (Lipinski definition) is 2. The maximum atomic E-state index is 5.50. The number of nitrogens with one attached hydrogen (secondary N) is 1. The van der Waals surface area contributed by atoms with E-state index in [0.717, 1.165) is 5.56 Å². The van der Waals surface area contributed by atoms with Crippen LogP contribution in [-0.2, 0) is 4.74 Å². The molecule has 1 unspecified atom stereocenters. The summed E-state index contributed by atoms with van der Waals surface area (Å²) in [6.07, 6.45) is 3.33. The fourth-order valence-corrected chi connectivity index (χ4v) is 0.650. The van der Waals surface area contributed by atoms with Crippen molar-refractivity contribution in [3.63, 3.8) is 0 Å². The molecule has 9 heavy (non-hydrogen) atoms. The van der Waals surface area contributed by atoms with Gasteiger partial charge >= 0.3 is 0 Å². The molecule has 50 valence electrons. The van der Waals surface area contributed by atoms with Gasteiger partial charge in [0, 0.05) is 25.1 Å². The quantitative estimate of drug-likeness (QED) is 0.571. The molecule has 0 aromatic carbocycles. The lowest BCUT2D eigenvalue weighted by molar-refractivity contribution is 0.109. The van der Waals surface area contributed by atoms with Gasteiger partial charge in [-0.05, 0) is 6.07 Å². The Kier molecular flexibility index (Phi) is 1.87. The molecule has 1 atom stereocenters. The second-order valence-corrected chi connectivity index (χ2v) is 1.80. The highest BCUT2D eigenvalue weighted by Crippen LogP contribution is 2.07. The number of aromatic amines is 1. The van der Waals surface area contributed by atoms with E-state index >= 15 is 0 Å². The maximum Gasteiger partial charge on any atom is 0.132 e. The third-order valence-electron chi connectivity index (χ3n) is 1.20. The summed E-state index contributed by atoms with van der Waals surface area (Å²) in [6.45, 7) is 0. The molecule has 0 spiro atoms. The van der Waals surface area contributed by atoms with Crippen LogP contribution in [0, 0.1) is 0 Å². The second kappa shape index (κ2) is 2.66. The van der Waals surface area contributed by atoms with Crippen LogP contribution in [0.3, 0.4) is 0 Å². The van der Waals surface area contributed by atoms with Crippen LogP contribution in [-0.4, -0.2) is 12.1 Å². The smallest absolute Gasteiger partial charge is 0.132 e. The van der Waals surface area contributed by atoms with Crippen LogP contribution >= 0.6 is 0 Å². The fraction of sp³-hybridized carbons (Fsp3) is 0.333. The van der Waals surface area contributed by atoms with E-state index < -0.39 is 0 Å². The number of aromatic nitrogens is 1. The number of H-pyrrole nitrogens is 1.